The predicted octanol–water partition coefficient (Wildman–Crippen LogP) is 1.23. The van der Waals surface area contributed by atoms with Gasteiger partial charge in [0.05, 0.1) is 16.9 Å². The summed E-state index contributed by atoms with van der Waals surface area (Å²) in [4.78, 5) is 18.4. The molecule has 20 heavy (non-hydrogen) atoms. The third-order valence-corrected chi connectivity index (χ3v) is 4.14. The van der Waals surface area contributed by atoms with Crippen molar-refractivity contribution in [2.45, 2.75) is 18.9 Å². The lowest BCUT2D eigenvalue weighted by molar-refractivity contribution is 0.314. The molecule has 6 heteroatoms. The number of fused-ring (bicyclic) bond motifs is 1. The molecule has 2 aromatic rings. The fourth-order valence-corrected chi connectivity index (χ4v) is 2.96. The quantitative estimate of drug-likeness (QED) is 0.824. The van der Waals surface area contributed by atoms with Crippen LogP contribution in [0.4, 0.5) is 11.4 Å². The van der Waals surface area contributed by atoms with Crippen molar-refractivity contribution in [3.05, 3.63) is 22.7 Å². The maximum Gasteiger partial charge on any atom is 0.417 e. The van der Waals surface area contributed by atoms with Crippen LogP contribution >= 0.6 is 0 Å². The van der Waals surface area contributed by atoms with Gasteiger partial charge in [-0.3, -0.25) is 4.98 Å². The van der Waals surface area contributed by atoms with E-state index in [2.05, 4.69) is 21.8 Å². The highest BCUT2D eigenvalue weighted by molar-refractivity contribution is 5.85. The third kappa shape index (κ3) is 2.27. The first kappa shape index (κ1) is 13.1. The lowest BCUT2D eigenvalue weighted by Crippen LogP contribution is -2.36. The molecule has 1 aromatic carbocycles. The van der Waals surface area contributed by atoms with Crippen molar-refractivity contribution in [3.63, 3.8) is 0 Å². The number of hydrogen-bond acceptors (Lipinski definition) is 5. The summed E-state index contributed by atoms with van der Waals surface area (Å²) in [5, 5.41) is 0. The summed E-state index contributed by atoms with van der Waals surface area (Å²) in [5.41, 5.74) is 8.82. The lowest BCUT2D eigenvalue weighted by Gasteiger charge is -2.28. The summed E-state index contributed by atoms with van der Waals surface area (Å²) in [7, 11) is 4.19. The molecule has 6 nitrogen and oxygen atoms in total. The molecule has 3 N–H and O–H groups in total. The molecule has 1 atom stereocenters. The van der Waals surface area contributed by atoms with E-state index < -0.39 is 5.76 Å². The topological polar surface area (TPSA) is 78.5 Å². The third-order valence-electron chi connectivity index (χ3n) is 4.14. The first-order valence-corrected chi connectivity index (χ1v) is 6.88. The van der Waals surface area contributed by atoms with Gasteiger partial charge in [0.25, 0.3) is 0 Å². The maximum atomic E-state index is 11.2. The number of likely N-dealkylation sites (tertiary alicyclic amines) is 1. The Morgan fingerprint density at radius 2 is 2.35 bits per heavy atom. The highest BCUT2D eigenvalue weighted by Crippen LogP contribution is 2.28. The molecule has 0 spiro atoms. The molecule has 0 radical (unpaired) electrons. The van der Waals surface area contributed by atoms with Crippen LogP contribution in [0.2, 0.25) is 0 Å². The molecule has 1 fully saturated rings. The minimum atomic E-state index is -0.449. The molecule has 0 aliphatic carbocycles. The highest BCUT2D eigenvalue weighted by atomic mass is 16.4. The lowest BCUT2D eigenvalue weighted by atomic mass is 10.2. The minimum absolute atomic E-state index is 0.449. The average molecular weight is 276 g/mol. The Balaban J connectivity index is 1.88. The second kappa shape index (κ2) is 4.86. The van der Waals surface area contributed by atoms with Crippen LogP contribution in [0, 0.1) is 0 Å². The summed E-state index contributed by atoms with van der Waals surface area (Å²) >= 11 is 0. The maximum absolute atomic E-state index is 11.2. The number of aromatic amines is 1. The second-order valence-electron chi connectivity index (χ2n) is 5.58. The zero-order valence-electron chi connectivity index (χ0n) is 11.8. The smallest absolute Gasteiger partial charge is 0.408 e. The van der Waals surface area contributed by atoms with Crippen LogP contribution in [0.3, 0.4) is 0 Å². The van der Waals surface area contributed by atoms with Crippen LogP contribution in [0.15, 0.2) is 21.3 Å². The van der Waals surface area contributed by atoms with Gasteiger partial charge in [0, 0.05) is 25.7 Å². The van der Waals surface area contributed by atoms with E-state index in [-0.39, 0.29) is 0 Å². The number of H-pyrrole nitrogens is 1. The van der Waals surface area contributed by atoms with Gasteiger partial charge in [-0.15, -0.1) is 0 Å². The summed E-state index contributed by atoms with van der Waals surface area (Å²) in [6.07, 6.45) is 2.46. The largest absolute Gasteiger partial charge is 0.417 e. The molecule has 3 rings (SSSR count). The van der Waals surface area contributed by atoms with E-state index in [1.807, 2.05) is 13.1 Å². The molecular formula is C14H20N4O2. The number of nitrogen functional groups attached to an aromatic ring is 1. The summed E-state index contributed by atoms with van der Waals surface area (Å²) in [5.74, 6) is -0.449. The monoisotopic (exact) mass is 276 g/mol. The van der Waals surface area contributed by atoms with Crippen LogP contribution in [-0.2, 0) is 0 Å². The van der Waals surface area contributed by atoms with Gasteiger partial charge < -0.3 is 20.0 Å². The normalized spacial score (nSPS) is 19.8. The Bertz CT molecular complexity index is 675. The molecule has 1 aliphatic rings. The standard InChI is InChI=1S/C14H20N4O2/c1-17-5-3-4-9(17)8-18(2)12-7-11-13(6-10(12)15)20-14(19)16-11/h6-7,9H,3-5,8,15H2,1-2H3,(H,16,19). The van der Waals surface area contributed by atoms with E-state index in [0.29, 0.717) is 22.8 Å². The van der Waals surface area contributed by atoms with Gasteiger partial charge in [0.15, 0.2) is 5.58 Å². The van der Waals surface area contributed by atoms with Crippen molar-refractivity contribution in [1.29, 1.82) is 0 Å². The Morgan fingerprint density at radius 3 is 3.05 bits per heavy atom. The predicted molar refractivity (Wildman–Crippen MR) is 80.2 cm³/mol. The number of nitrogens with two attached hydrogens (primary N) is 1. The fourth-order valence-electron chi connectivity index (χ4n) is 2.96. The molecular weight excluding hydrogens is 256 g/mol. The second-order valence-corrected chi connectivity index (χ2v) is 5.58. The fraction of sp³-hybridized carbons (Fsp3) is 0.500. The van der Waals surface area contributed by atoms with Gasteiger partial charge in [-0.2, -0.15) is 0 Å². The highest BCUT2D eigenvalue weighted by Gasteiger charge is 2.23. The van der Waals surface area contributed by atoms with Gasteiger partial charge in [0.2, 0.25) is 0 Å². The Kier molecular flexibility index (Phi) is 3.17. The first-order valence-electron chi connectivity index (χ1n) is 6.88. The molecule has 1 aliphatic heterocycles. The number of anilines is 2. The van der Waals surface area contributed by atoms with Crippen molar-refractivity contribution >= 4 is 22.5 Å². The minimum Gasteiger partial charge on any atom is -0.408 e. The summed E-state index contributed by atoms with van der Waals surface area (Å²) < 4.78 is 5.02. The Morgan fingerprint density at radius 1 is 1.55 bits per heavy atom. The van der Waals surface area contributed by atoms with E-state index in [1.54, 1.807) is 6.07 Å². The molecule has 0 bridgehead atoms. The molecule has 1 saturated heterocycles. The zero-order valence-corrected chi connectivity index (χ0v) is 11.8. The van der Waals surface area contributed by atoms with Crippen molar-refractivity contribution in [3.8, 4) is 0 Å². The Labute approximate surface area is 117 Å². The van der Waals surface area contributed by atoms with Gasteiger partial charge in [0.1, 0.15) is 0 Å². The van der Waals surface area contributed by atoms with E-state index >= 15 is 0 Å². The molecule has 0 saturated carbocycles. The van der Waals surface area contributed by atoms with Crippen molar-refractivity contribution < 1.29 is 4.42 Å². The molecule has 0 amide bonds. The van der Waals surface area contributed by atoms with Gasteiger partial charge >= 0.3 is 5.76 Å². The van der Waals surface area contributed by atoms with Crippen LogP contribution in [0.25, 0.3) is 11.1 Å². The molecule has 1 unspecified atom stereocenters. The van der Waals surface area contributed by atoms with Gasteiger partial charge in [-0.25, -0.2) is 4.79 Å². The zero-order chi connectivity index (χ0) is 14.3. The average Bonchev–Trinajstić information content (AvgIpc) is 2.93. The molecule has 2 heterocycles. The molecule has 108 valence electrons. The Hall–Kier alpha value is -1.95. The number of aromatic nitrogens is 1. The van der Waals surface area contributed by atoms with E-state index in [1.165, 1.54) is 12.8 Å². The van der Waals surface area contributed by atoms with E-state index in [4.69, 9.17) is 10.2 Å². The van der Waals surface area contributed by atoms with E-state index in [0.717, 1.165) is 18.8 Å². The van der Waals surface area contributed by atoms with Crippen molar-refractivity contribution in [2.24, 2.45) is 0 Å². The van der Waals surface area contributed by atoms with Crippen LogP contribution in [-0.4, -0.2) is 43.1 Å². The number of nitrogens with zero attached hydrogens (tertiary/aromatic N) is 2. The molecule has 1 aromatic heterocycles. The first-order chi connectivity index (χ1) is 9.54. The van der Waals surface area contributed by atoms with Crippen LogP contribution < -0.4 is 16.4 Å². The van der Waals surface area contributed by atoms with Crippen LogP contribution in [0.5, 0.6) is 0 Å². The van der Waals surface area contributed by atoms with Crippen LogP contribution in [0.1, 0.15) is 12.8 Å². The number of nitrogens with one attached hydrogen (secondary N) is 1. The van der Waals surface area contributed by atoms with E-state index in [9.17, 15) is 4.79 Å². The summed E-state index contributed by atoms with van der Waals surface area (Å²) in [6, 6.07) is 4.14. The number of hydrogen-bond donors (Lipinski definition) is 2. The number of oxazole rings is 1. The SMILES string of the molecule is CN(CC1CCCN1C)c1cc2[nH]c(=O)oc2cc1N. The summed E-state index contributed by atoms with van der Waals surface area (Å²) in [6.45, 7) is 2.08. The van der Waals surface area contributed by atoms with Gasteiger partial charge in [-0.1, -0.05) is 0 Å². The number of likely N-dealkylation sites (N-methyl/N-ethyl adjacent to an activating group) is 2. The number of benzene rings is 1. The van der Waals surface area contributed by atoms with Crippen molar-refractivity contribution in [2.75, 3.05) is 37.8 Å². The van der Waals surface area contributed by atoms with Crippen molar-refractivity contribution in [1.82, 2.24) is 9.88 Å². The van der Waals surface area contributed by atoms with Gasteiger partial charge in [-0.05, 0) is 32.5 Å². The number of rotatable bonds is 3.